The highest BCUT2D eigenvalue weighted by atomic mass is 79.9. The van der Waals surface area contributed by atoms with Crippen molar-refractivity contribution in [2.24, 2.45) is 0 Å². The highest BCUT2D eigenvalue weighted by molar-refractivity contribution is 9.10. The maximum absolute atomic E-state index is 12.3. The lowest BCUT2D eigenvalue weighted by Gasteiger charge is -2.24. The molecule has 0 N–H and O–H groups in total. The first-order valence-corrected chi connectivity index (χ1v) is 7.57. The van der Waals surface area contributed by atoms with Gasteiger partial charge in [-0.2, -0.15) is 5.26 Å². The molecule has 0 unspecified atom stereocenters. The molecular formula is C17H13BrN2O4. The zero-order chi connectivity index (χ0) is 17.7. The number of nitrogens with zero attached hydrogens (tertiary/aromatic N) is 2. The van der Waals surface area contributed by atoms with E-state index in [0.29, 0.717) is 15.7 Å². The van der Waals surface area contributed by atoms with Crippen molar-refractivity contribution in [2.45, 2.75) is 0 Å². The Hall–Kier alpha value is -2.85. The molecule has 6 nitrogen and oxygen atoms in total. The maximum Gasteiger partial charge on any atom is 0.355 e. The van der Waals surface area contributed by atoms with Gasteiger partial charge in [-0.15, -0.1) is 0 Å². The molecule has 0 amide bonds. The van der Waals surface area contributed by atoms with Crippen molar-refractivity contribution >= 4 is 33.6 Å². The summed E-state index contributed by atoms with van der Waals surface area (Å²) in [6, 6.07) is 6.93. The SMILES string of the molecule is COC(=O)C1=C(C(=O)OC)N(c2ccc(C#N)cc2Br)C=CC=C1. The number of carbonyl (C=O) groups is 2. The summed E-state index contributed by atoms with van der Waals surface area (Å²) in [5, 5.41) is 8.98. The van der Waals surface area contributed by atoms with Crippen LogP contribution in [0.1, 0.15) is 5.56 Å². The van der Waals surface area contributed by atoms with Crippen molar-refractivity contribution in [1.29, 1.82) is 5.26 Å². The van der Waals surface area contributed by atoms with E-state index in [2.05, 4.69) is 15.9 Å². The summed E-state index contributed by atoms with van der Waals surface area (Å²) < 4.78 is 10.2. The van der Waals surface area contributed by atoms with Gasteiger partial charge in [-0.3, -0.25) is 0 Å². The monoisotopic (exact) mass is 388 g/mol. The number of hydrogen-bond acceptors (Lipinski definition) is 6. The standard InChI is InChI=1S/C17H13BrN2O4/c1-23-16(21)12-5-3-4-8-20(15(12)17(22)24-2)14-7-6-11(10-19)9-13(14)18/h3-9H,1-2H3. The molecule has 0 atom stereocenters. The summed E-state index contributed by atoms with van der Waals surface area (Å²) in [5.74, 6) is -1.35. The number of ether oxygens (including phenoxy) is 2. The molecule has 1 aliphatic rings. The molecule has 1 aromatic carbocycles. The topological polar surface area (TPSA) is 79.6 Å². The largest absolute Gasteiger partial charge is 0.465 e. The fraction of sp³-hybridized carbons (Fsp3) is 0.118. The van der Waals surface area contributed by atoms with E-state index in [1.807, 2.05) is 6.07 Å². The number of methoxy groups -OCH3 is 2. The third-order valence-electron chi connectivity index (χ3n) is 3.23. The van der Waals surface area contributed by atoms with Crippen LogP contribution in [0.5, 0.6) is 0 Å². The van der Waals surface area contributed by atoms with Gasteiger partial charge in [0.1, 0.15) is 5.70 Å². The van der Waals surface area contributed by atoms with Crippen LogP contribution in [0.3, 0.4) is 0 Å². The molecule has 1 aromatic rings. The molecule has 7 heteroatoms. The Balaban J connectivity index is 2.68. The molecule has 0 bridgehead atoms. The van der Waals surface area contributed by atoms with Gasteiger partial charge >= 0.3 is 11.9 Å². The first-order valence-electron chi connectivity index (χ1n) is 6.78. The molecule has 0 aromatic heterocycles. The predicted molar refractivity (Wildman–Crippen MR) is 90.7 cm³/mol. The van der Waals surface area contributed by atoms with E-state index in [9.17, 15) is 9.59 Å². The maximum atomic E-state index is 12.3. The average molecular weight is 389 g/mol. The third kappa shape index (κ3) is 3.39. The smallest absolute Gasteiger partial charge is 0.355 e. The molecule has 0 aliphatic carbocycles. The molecule has 1 aliphatic heterocycles. The third-order valence-corrected chi connectivity index (χ3v) is 3.86. The molecule has 0 fully saturated rings. The fourth-order valence-electron chi connectivity index (χ4n) is 2.12. The van der Waals surface area contributed by atoms with E-state index in [-0.39, 0.29) is 11.3 Å². The number of nitriles is 1. The van der Waals surface area contributed by atoms with Crippen molar-refractivity contribution in [1.82, 2.24) is 0 Å². The summed E-state index contributed by atoms with van der Waals surface area (Å²) in [4.78, 5) is 25.9. The first-order chi connectivity index (χ1) is 11.5. The van der Waals surface area contributed by atoms with Crippen LogP contribution >= 0.6 is 15.9 Å². The minimum atomic E-state index is -0.692. The van der Waals surface area contributed by atoms with E-state index in [4.69, 9.17) is 14.7 Å². The van der Waals surface area contributed by atoms with Crippen LogP contribution < -0.4 is 4.90 Å². The van der Waals surface area contributed by atoms with Crippen LogP contribution in [0.15, 0.2) is 58.4 Å². The van der Waals surface area contributed by atoms with Gasteiger partial charge in [0.15, 0.2) is 0 Å². The van der Waals surface area contributed by atoms with Gasteiger partial charge in [-0.05, 0) is 46.3 Å². The molecule has 0 saturated carbocycles. The molecule has 0 spiro atoms. The van der Waals surface area contributed by atoms with Crippen molar-refractivity contribution in [3.8, 4) is 6.07 Å². The van der Waals surface area contributed by atoms with Gasteiger partial charge < -0.3 is 14.4 Å². The van der Waals surface area contributed by atoms with E-state index >= 15 is 0 Å². The van der Waals surface area contributed by atoms with Crippen LogP contribution in [0, 0.1) is 11.3 Å². The highest BCUT2D eigenvalue weighted by Crippen LogP contribution is 2.33. The zero-order valence-electron chi connectivity index (χ0n) is 12.9. The molecule has 2 rings (SSSR count). The second-order valence-corrected chi connectivity index (χ2v) is 5.45. The summed E-state index contributed by atoms with van der Waals surface area (Å²) in [6.45, 7) is 0. The Morgan fingerprint density at radius 1 is 1.17 bits per heavy atom. The lowest BCUT2D eigenvalue weighted by Crippen LogP contribution is -2.27. The summed E-state index contributed by atoms with van der Waals surface area (Å²) in [5.41, 5.74) is 1.10. The van der Waals surface area contributed by atoms with Crippen LogP contribution in [0.2, 0.25) is 0 Å². The van der Waals surface area contributed by atoms with Crippen LogP contribution in [-0.4, -0.2) is 26.2 Å². The minimum Gasteiger partial charge on any atom is -0.465 e. The zero-order valence-corrected chi connectivity index (χ0v) is 14.5. The number of hydrogen-bond donors (Lipinski definition) is 0. The fourth-order valence-corrected chi connectivity index (χ4v) is 2.69. The minimum absolute atomic E-state index is 0.0137. The molecule has 0 saturated heterocycles. The summed E-state index contributed by atoms with van der Waals surface area (Å²) >= 11 is 3.38. The number of carbonyl (C=O) groups excluding carboxylic acids is 2. The molecule has 122 valence electrons. The number of esters is 2. The van der Waals surface area contributed by atoms with Crippen molar-refractivity contribution < 1.29 is 19.1 Å². The van der Waals surface area contributed by atoms with Gasteiger partial charge in [0.25, 0.3) is 0 Å². The first kappa shape index (κ1) is 17.5. The van der Waals surface area contributed by atoms with Crippen molar-refractivity contribution in [3.05, 3.63) is 63.9 Å². The number of rotatable bonds is 3. The quantitative estimate of drug-likeness (QED) is 0.740. The number of benzene rings is 1. The van der Waals surface area contributed by atoms with Crippen molar-refractivity contribution in [2.75, 3.05) is 19.1 Å². The Morgan fingerprint density at radius 2 is 1.88 bits per heavy atom. The van der Waals surface area contributed by atoms with E-state index < -0.39 is 11.9 Å². The van der Waals surface area contributed by atoms with Gasteiger partial charge in [-0.1, -0.05) is 6.08 Å². The Kier molecular flexibility index (Phi) is 5.55. The predicted octanol–water partition coefficient (Wildman–Crippen LogP) is 2.81. The highest BCUT2D eigenvalue weighted by Gasteiger charge is 2.28. The van der Waals surface area contributed by atoms with E-state index in [0.717, 1.165) is 0 Å². The molecular weight excluding hydrogens is 376 g/mol. The number of allylic oxidation sites excluding steroid dienone is 2. The Morgan fingerprint density at radius 3 is 2.46 bits per heavy atom. The van der Waals surface area contributed by atoms with Crippen LogP contribution in [0.4, 0.5) is 5.69 Å². The van der Waals surface area contributed by atoms with Crippen LogP contribution in [-0.2, 0) is 19.1 Å². The van der Waals surface area contributed by atoms with Gasteiger partial charge in [0, 0.05) is 10.7 Å². The van der Waals surface area contributed by atoms with E-state index in [1.54, 1.807) is 36.6 Å². The van der Waals surface area contributed by atoms with Crippen molar-refractivity contribution in [3.63, 3.8) is 0 Å². The number of anilines is 1. The molecule has 24 heavy (non-hydrogen) atoms. The lowest BCUT2D eigenvalue weighted by molar-refractivity contribution is -0.139. The van der Waals surface area contributed by atoms with E-state index in [1.165, 1.54) is 25.2 Å². The summed E-state index contributed by atoms with van der Waals surface area (Å²) in [7, 11) is 2.47. The van der Waals surface area contributed by atoms with Gasteiger partial charge in [0.05, 0.1) is 37.1 Å². The molecule has 0 radical (unpaired) electrons. The second-order valence-electron chi connectivity index (χ2n) is 4.59. The summed E-state index contributed by atoms with van der Waals surface area (Å²) in [6.07, 6.45) is 6.38. The Bertz CT molecular complexity index is 818. The molecule has 1 heterocycles. The van der Waals surface area contributed by atoms with Gasteiger partial charge in [0.2, 0.25) is 0 Å². The average Bonchev–Trinajstić information content (AvgIpc) is 2.82. The van der Waals surface area contributed by atoms with Crippen LogP contribution in [0.25, 0.3) is 0 Å². The Labute approximate surface area is 147 Å². The lowest BCUT2D eigenvalue weighted by atomic mass is 10.1. The normalized spacial score (nSPS) is 13.3. The second kappa shape index (κ2) is 7.62. The van der Waals surface area contributed by atoms with Gasteiger partial charge in [-0.25, -0.2) is 9.59 Å². The number of halogens is 1.